The summed E-state index contributed by atoms with van der Waals surface area (Å²) in [6.07, 6.45) is -2.74. The number of hydrogen-bond donors (Lipinski definition) is 2. The smallest absolute Gasteiger partial charge is 0.345 e. The lowest BCUT2D eigenvalue weighted by molar-refractivity contribution is -0.134. The highest BCUT2D eigenvalue weighted by molar-refractivity contribution is 7.10. The Bertz CT molecular complexity index is 1230. The molecule has 152 valence electrons. The van der Waals surface area contributed by atoms with Crippen molar-refractivity contribution < 1.29 is 18.0 Å². The number of alkyl halides is 3. The predicted octanol–water partition coefficient (Wildman–Crippen LogP) is 5.58. The third kappa shape index (κ3) is 3.21. The van der Waals surface area contributed by atoms with Gasteiger partial charge in [-0.2, -0.15) is 13.2 Å². The molecule has 2 N–H and O–H groups in total. The van der Waals surface area contributed by atoms with Crippen LogP contribution >= 0.6 is 11.3 Å². The van der Waals surface area contributed by atoms with Gasteiger partial charge in [0.25, 0.3) is 0 Å². The Morgan fingerprint density at radius 1 is 1.07 bits per heavy atom. The van der Waals surface area contributed by atoms with Gasteiger partial charge in [0.15, 0.2) is 0 Å². The summed E-state index contributed by atoms with van der Waals surface area (Å²) < 4.78 is 38.6. The summed E-state index contributed by atoms with van der Waals surface area (Å²) >= 11 is 0.684. The summed E-state index contributed by atoms with van der Waals surface area (Å²) in [6, 6.07) is 13.6. The zero-order valence-electron chi connectivity index (χ0n) is 15.4. The van der Waals surface area contributed by atoms with Crippen LogP contribution in [0.3, 0.4) is 0 Å². The van der Waals surface area contributed by atoms with Crippen molar-refractivity contribution in [3.63, 3.8) is 0 Å². The van der Waals surface area contributed by atoms with Gasteiger partial charge in [0.1, 0.15) is 4.88 Å². The molecular weight excluding hydrogens is 413 g/mol. The van der Waals surface area contributed by atoms with Crippen LogP contribution in [0.25, 0.3) is 22.2 Å². The molecule has 4 aromatic rings. The predicted molar refractivity (Wildman–Crippen MR) is 109 cm³/mol. The largest absolute Gasteiger partial charge is 0.425 e. The number of H-pyrrole nitrogens is 1. The average molecular weight is 428 g/mol. The third-order valence-electron chi connectivity index (χ3n) is 5.17. The van der Waals surface area contributed by atoms with Gasteiger partial charge in [0.05, 0.1) is 23.4 Å². The first-order valence-electron chi connectivity index (χ1n) is 9.16. The number of nitrogens with one attached hydrogen (secondary N) is 2. The van der Waals surface area contributed by atoms with E-state index in [9.17, 15) is 18.0 Å². The molecule has 1 atom stereocenters. The van der Waals surface area contributed by atoms with Crippen molar-refractivity contribution in [3.8, 4) is 11.1 Å². The van der Waals surface area contributed by atoms with Crippen molar-refractivity contribution in [2.75, 3.05) is 11.4 Å². The molecule has 0 spiro atoms. The first-order chi connectivity index (χ1) is 14.4. The number of hydrogen-bond acceptors (Lipinski definition) is 3. The number of imidazole rings is 1. The number of carbonyl (C=O) groups excluding carboxylic acids is 1. The van der Waals surface area contributed by atoms with Crippen molar-refractivity contribution in [3.05, 3.63) is 70.7 Å². The van der Waals surface area contributed by atoms with Crippen LogP contribution in [0.1, 0.15) is 16.5 Å². The molecule has 1 fully saturated rings. The molecule has 0 unspecified atom stereocenters. The molecule has 2 aromatic carbocycles. The van der Waals surface area contributed by atoms with Crippen molar-refractivity contribution >= 4 is 34.1 Å². The van der Waals surface area contributed by atoms with Crippen molar-refractivity contribution in [2.45, 2.75) is 12.2 Å². The molecule has 0 saturated carbocycles. The number of halogens is 3. The molecule has 3 heterocycles. The van der Waals surface area contributed by atoms with E-state index >= 15 is 0 Å². The van der Waals surface area contributed by atoms with Gasteiger partial charge in [-0.05, 0) is 46.3 Å². The molecular formula is C21H15F3N4OS. The first-order valence-corrected chi connectivity index (χ1v) is 10.0. The highest BCUT2D eigenvalue weighted by atomic mass is 32.1. The molecule has 1 saturated heterocycles. The Hall–Kier alpha value is -3.33. The summed E-state index contributed by atoms with van der Waals surface area (Å²) in [6.45, 7) is 0.440. The fourth-order valence-electron chi connectivity index (χ4n) is 3.67. The Kier molecular flexibility index (Phi) is 4.28. The van der Waals surface area contributed by atoms with E-state index < -0.39 is 11.1 Å². The topological polar surface area (TPSA) is 61.0 Å². The lowest BCUT2D eigenvalue weighted by atomic mass is 10.0. The van der Waals surface area contributed by atoms with Crippen molar-refractivity contribution in [2.24, 2.45) is 0 Å². The second-order valence-electron chi connectivity index (χ2n) is 7.00. The molecule has 0 aliphatic carbocycles. The number of aromatic amines is 1. The minimum Gasteiger partial charge on any atom is -0.345 e. The Morgan fingerprint density at radius 2 is 1.87 bits per heavy atom. The van der Waals surface area contributed by atoms with Gasteiger partial charge in [0.2, 0.25) is 0 Å². The maximum Gasteiger partial charge on any atom is 0.425 e. The van der Waals surface area contributed by atoms with E-state index in [1.165, 1.54) is 5.38 Å². The lowest BCUT2D eigenvalue weighted by Crippen LogP contribution is -2.29. The molecule has 1 aliphatic heterocycles. The van der Waals surface area contributed by atoms with Gasteiger partial charge in [0, 0.05) is 12.2 Å². The van der Waals surface area contributed by atoms with Crippen LogP contribution in [-0.4, -0.2) is 22.5 Å². The SMILES string of the molecule is O=C1NC[C@@H](c2ccc(-c3csc(C(F)(F)F)c3)cc2)N1c1ccc2nc[nH]c2c1. The summed E-state index contributed by atoms with van der Waals surface area (Å²) in [5.74, 6) is 0. The van der Waals surface area contributed by atoms with Gasteiger partial charge >= 0.3 is 12.2 Å². The number of urea groups is 1. The molecule has 0 radical (unpaired) electrons. The first kappa shape index (κ1) is 18.7. The minimum absolute atomic E-state index is 0.199. The van der Waals surface area contributed by atoms with Gasteiger partial charge in [-0.3, -0.25) is 4.90 Å². The zero-order valence-corrected chi connectivity index (χ0v) is 16.2. The minimum atomic E-state index is -4.34. The second-order valence-corrected chi connectivity index (χ2v) is 7.91. The van der Waals surface area contributed by atoms with Gasteiger partial charge in [-0.15, -0.1) is 11.3 Å². The Balaban J connectivity index is 1.44. The van der Waals surface area contributed by atoms with E-state index in [0.29, 0.717) is 29.0 Å². The number of rotatable bonds is 3. The van der Waals surface area contributed by atoms with E-state index in [2.05, 4.69) is 15.3 Å². The molecule has 9 heteroatoms. The van der Waals surface area contributed by atoms with Gasteiger partial charge < -0.3 is 10.3 Å². The summed E-state index contributed by atoms with van der Waals surface area (Å²) in [7, 11) is 0. The van der Waals surface area contributed by atoms with E-state index in [0.717, 1.165) is 28.4 Å². The van der Waals surface area contributed by atoms with Crippen molar-refractivity contribution in [1.29, 1.82) is 0 Å². The number of aromatic nitrogens is 2. The maximum absolute atomic E-state index is 12.9. The fourth-order valence-corrected chi connectivity index (χ4v) is 4.46. The number of amides is 2. The lowest BCUT2D eigenvalue weighted by Gasteiger charge is -2.23. The molecule has 1 aliphatic rings. The number of benzene rings is 2. The molecule has 2 aromatic heterocycles. The highest BCUT2D eigenvalue weighted by Gasteiger charge is 2.34. The zero-order chi connectivity index (χ0) is 20.9. The summed E-state index contributed by atoms with van der Waals surface area (Å²) in [4.78, 5) is 20.8. The number of thiophene rings is 1. The molecule has 0 bridgehead atoms. The van der Waals surface area contributed by atoms with E-state index in [1.807, 2.05) is 30.3 Å². The average Bonchev–Trinajstić information content (AvgIpc) is 3.46. The quantitative estimate of drug-likeness (QED) is 0.447. The number of nitrogens with zero attached hydrogens (tertiary/aromatic N) is 2. The normalized spacial score (nSPS) is 17.0. The van der Waals surface area contributed by atoms with Crippen LogP contribution in [0.2, 0.25) is 0 Å². The summed E-state index contributed by atoms with van der Waals surface area (Å²) in [5, 5.41) is 4.37. The van der Waals surface area contributed by atoms with Crippen LogP contribution in [0.5, 0.6) is 0 Å². The number of carbonyl (C=O) groups is 1. The Labute approximate surface area is 173 Å². The maximum atomic E-state index is 12.9. The van der Waals surface area contributed by atoms with Crippen LogP contribution < -0.4 is 10.2 Å². The van der Waals surface area contributed by atoms with Crippen LogP contribution in [0, 0.1) is 0 Å². The van der Waals surface area contributed by atoms with E-state index in [-0.39, 0.29) is 12.1 Å². The van der Waals surface area contributed by atoms with Gasteiger partial charge in [-0.1, -0.05) is 24.3 Å². The van der Waals surface area contributed by atoms with Crippen LogP contribution in [-0.2, 0) is 6.18 Å². The van der Waals surface area contributed by atoms with Gasteiger partial charge in [-0.25, -0.2) is 9.78 Å². The number of fused-ring (bicyclic) bond motifs is 1. The Morgan fingerprint density at radius 3 is 2.60 bits per heavy atom. The van der Waals surface area contributed by atoms with Crippen LogP contribution in [0.4, 0.5) is 23.7 Å². The summed E-state index contributed by atoms with van der Waals surface area (Å²) in [5.41, 5.74) is 4.51. The third-order valence-corrected chi connectivity index (χ3v) is 6.14. The highest BCUT2D eigenvalue weighted by Crippen LogP contribution is 2.38. The molecule has 5 nitrogen and oxygen atoms in total. The number of anilines is 1. The van der Waals surface area contributed by atoms with Crippen LogP contribution in [0.15, 0.2) is 60.2 Å². The van der Waals surface area contributed by atoms with Crippen molar-refractivity contribution in [1.82, 2.24) is 15.3 Å². The second kappa shape index (κ2) is 6.88. The molecule has 30 heavy (non-hydrogen) atoms. The standard InChI is InChI=1S/C21H15F3N4OS/c22-21(23,24)19-7-14(10-30-19)12-1-3-13(4-2-12)18-9-25-20(29)28(18)15-5-6-16-17(8-15)27-11-26-16/h1-8,10-11,18H,9H2,(H,25,29)(H,26,27)/t18-/m0/s1. The van der Waals surface area contributed by atoms with E-state index in [1.54, 1.807) is 23.4 Å². The fraction of sp³-hybridized carbons (Fsp3) is 0.143. The van der Waals surface area contributed by atoms with E-state index in [4.69, 9.17) is 0 Å². The monoisotopic (exact) mass is 428 g/mol. The molecule has 2 amide bonds. The molecule has 5 rings (SSSR count).